The molecule has 0 saturated heterocycles. The van der Waals surface area contributed by atoms with E-state index in [1.165, 1.54) is 0 Å². The molecule has 0 aliphatic carbocycles. The highest BCUT2D eigenvalue weighted by Gasteiger charge is 2.22. The number of hydrogen-bond acceptors (Lipinski definition) is 3. The van der Waals surface area contributed by atoms with Crippen molar-refractivity contribution in [3.05, 3.63) is 75.6 Å². The van der Waals surface area contributed by atoms with Crippen molar-refractivity contribution in [2.24, 2.45) is 0 Å². The van der Waals surface area contributed by atoms with Crippen molar-refractivity contribution in [3.8, 4) is 0 Å². The van der Waals surface area contributed by atoms with Crippen molar-refractivity contribution in [3.63, 3.8) is 0 Å². The third-order valence-electron chi connectivity index (χ3n) is 4.69. The molecular weight excluding hydrogens is 336 g/mol. The topological polar surface area (TPSA) is 68.2 Å². The Balaban J connectivity index is 1.76. The van der Waals surface area contributed by atoms with Gasteiger partial charge >= 0.3 is 0 Å². The normalized spacial score (nSPS) is 13.5. The minimum absolute atomic E-state index is 0.0263. The van der Waals surface area contributed by atoms with Gasteiger partial charge in [0, 0.05) is 24.5 Å². The van der Waals surface area contributed by atoms with E-state index in [9.17, 15) is 13.2 Å². The van der Waals surface area contributed by atoms with Crippen LogP contribution >= 0.6 is 0 Å². The van der Waals surface area contributed by atoms with E-state index >= 15 is 0 Å². The molecule has 1 aliphatic heterocycles. The predicted molar refractivity (Wildman–Crippen MR) is 97.1 cm³/mol. The minimum atomic E-state index is -3.62. The molecule has 0 saturated carbocycles. The van der Waals surface area contributed by atoms with Crippen molar-refractivity contribution in [2.45, 2.75) is 31.3 Å². The molecule has 0 atom stereocenters. The van der Waals surface area contributed by atoms with Gasteiger partial charge in [0.25, 0.3) is 5.56 Å². The van der Waals surface area contributed by atoms with Gasteiger partial charge in [-0.05, 0) is 42.2 Å². The fraction of sp³-hybridized carbons (Fsp3) is 0.211. The number of benzene rings is 2. The zero-order chi connectivity index (χ0) is 17.6. The van der Waals surface area contributed by atoms with Crippen LogP contribution in [0.1, 0.15) is 16.7 Å². The highest BCUT2D eigenvalue weighted by molar-refractivity contribution is 7.89. The second-order valence-electron chi connectivity index (χ2n) is 6.36. The van der Waals surface area contributed by atoms with E-state index in [4.69, 9.17) is 0 Å². The summed E-state index contributed by atoms with van der Waals surface area (Å²) in [7, 11) is -3.62. The van der Waals surface area contributed by atoms with Crippen molar-refractivity contribution >= 4 is 20.9 Å². The predicted octanol–water partition coefficient (Wildman–Crippen LogP) is 2.34. The molecule has 25 heavy (non-hydrogen) atoms. The van der Waals surface area contributed by atoms with Gasteiger partial charge in [-0.25, -0.2) is 13.1 Å². The maximum absolute atomic E-state index is 12.7. The SMILES string of the molecule is Cc1cc(=O)n2c3c(cc(S(=O)(=O)NCc4ccccc4)cc13)CC2. The van der Waals surface area contributed by atoms with Crippen LogP contribution in [0, 0.1) is 6.92 Å². The zero-order valence-electron chi connectivity index (χ0n) is 13.8. The number of nitrogens with zero attached hydrogens (tertiary/aromatic N) is 1. The van der Waals surface area contributed by atoms with Crippen LogP contribution in [0.3, 0.4) is 0 Å². The van der Waals surface area contributed by atoms with Crippen LogP contribution in [0.25, 0.3) is 10.9 Å². The third-order valence-corrected chi connectivity index (χ3v) is 6.07. The van der Waals surface area contributed by atoms with Crippen LogP contribution < -0.4 is 10.3 Å². The number of pyridine rings is 1. The Morgan fingerprint density at radius 2 is 1.88 bits per heavy atom. The molecule has 2 heterocycles. The average Bonchev–Trinajstić information content (AvgIpc) is 3.03. The highest BCUT2D eigenvalue weighted by atomic mass is 32.2. The molecule has 128 valence electrons. The van der Waals surface area contributed by atoms with Gasteiger partial charge in [0.15, 0.2) is 0 Å². The van der Waals surface area contributed by atoms with Crippen LogP contribution in [-0.4, -0.2) is 13.0 Å². The maximum Gasteiger partial charge on any atom is 0.251 e. The van der Waals surface area contributed by atoms with Gasteiger partial charge in [0.05, 0.1) is 10.4 Å². The first kappa shape index (κ1) is 16.1. The molecule has 4 rings (SSSR count). The largest absolute Gasteiger partial charge is 0.308 e. The van der Waals surface area contributed by atoms with Gasteiger partial charge in [-0.3, -0.25) is 4.79 Å². The van der Waals surface area contributed by atoms with Gasteiger partial charge < -0.3 is 4.57 Å². The summed E-state index contributed by atoms with van der Waals surface area (Å²) in [5.74, 6) is 0. The van der Waals surface area contributed by atoms with Gasteiger partial charge in [-0.15, -0.1) is 0 Å². The molecule has 0 unspecified atom stereocenters. The lowest BCUT2D eigenvalue weighted by Crippen LogP contribution is -2.23. The lowest BCUT2D eigenvalue weighted by atomic mass is 10.1. The molecule has 3 aromatic rings. The molecular formula is C19H18N2O3S. The number of hydrogen-bond donors (Lipinski definition) is 1. The Bertz CT molecular complexity index is 1130. The van der Waals surface area contributed by atoms with Crippen LogP contribution in [0.2, 0.25) is 0 Å². The summed E-state index contributed by atoms with van der Waals surface area (Å²) in [5, 5.41) is 0.828. The van der Waals surface area contributed by atoms with Gasteiger partial charge in [-0.2, -0.15) is 0 Å². The van der Waals surface area contributed by atoms with E-state index in [2.05, 4.69) is 4.72 Å². The first-order valence-electron chi connectivity index (χ1n) is 8.16. The van der Waals surface area contributed by atoms with Crippen molar-refractivity contribution < 1.29 is 8.42 Å². The highest BCUT2D eigenvalue weighted by Crippen LogP contribution is 2.29. The van der Waals surface area contributed by atoms with Gasteiger partial charge in [-0.1, -0.05) is 30.3 Å². The lowest BCUT2D eigenvalue weighted by Gasteiger charge is -2.11. The van der Waals surface area contributed by atoms with Crippen LogP contribution in [0.5, 0.6) is 0 Å². The first-order valence-corrected chi connectivity index (χ1v) is 9.65. The molecule has 2 aromatic carbocycles. The summed E-state index contributed by atoms with van der Waals surface area (Å²) in [6.07, 6.45) is 0.678. The van der Waals surface area contributed by atoms with Crippen LogP contribution in [0.4, 0.5) is 0 Å². The second-order valence-corrected chi connectivity index (χ2v) is 8.12. The molecule has 1 N–H and O–H groups in total. The Morgan fingerprint density at radius 3 is 2.64 bits per heavy atom. The van der Waals surface area contributed by atoms with E-state index in [1.54, 1.807) is 22.8 Å². The van der Waals surface area contributed by atoms with Crippen molar-refractivity contribution in [1.82, 2.24) is 9.29 Å². The number of nitrogens with one attached hydrogen (secondary N) is 1. The first-order chi connectivity index (χ1) is 12.0. The molecule has 1 aromatic heterocycles. The fourth-order valence-electron chi connectivity index (χ4n) is 3.39. The van der Waals surface area contributed by atoms with E-state index in [0.717, 1.165) is 27.6 Å². The van der Waals surface area contributed by atoms with Crippen LogP contribution in [0.15, 0.2) is 58.2 Å². The van der Waals surface area contributed by atoms with Gasteiger partial charge in [0.2, 0.25) is 10.0 Å². The quantitative estimate of drug-likeness (QED) is 0.782. The number of aromatic nitrogens is 1. The minimum Gasteiger partial charge on any atom is -0.308 e. The molecule has 0 bridgehead atoms. The Labute approximate surface area is 146 Å². The van der Waals surface area contributed by atoms with Crippen molar-refractivity contribution in [1.29, 1.82) is 0 Å². The third kappa shape index (κ3) is 2.77. The van der Waals surface area contributed by atoms with E-state index in [-0.39, 0.29) is 17.0 Å². The number of sulfonamides is 1. The molecule has 0 amide bonds. The van der Waals surface area contributed by atoms with E-state index in [1.807, 2.05) is 37.3 Å². The van der Waals surface area contributed by atoms with E-state index < -0.39 is 10.0 Å². The Kier molecular flexibility index (Phi) is 3.74. The summed E-state index contributed by atoms with van der Waals surface area (Å²) in [5.41, 5.74) is 3.47. The standard InChI is InChI=1S/C19H18N2O3S/c1-13-9-18(22)21-8-7-15-10-16(11-17(13)19(15)21)25(23,24)20-12-14-5-3-2-4-6-14/h2-6,9-11,20H,7-8,12H2,1H3. The number of rotatable bonds is 4. The maximum atomic E-state index is 12.7. The van der Waals surface area contributed by atoms with Crippen molar-refractivity contribution in [2.75, 3.05) is 0 Å². The van der Waals surface area contributed by atoms with Crippen LogP contribution in [-0.2, 0) is 29.5 Å². The molecule has 0 spiro atoms. The number of aryl methyl sites for hydroxylation is 3. The average molecular weight is 354 g/mol. The van der Waals surface area contributed by atoms with Gasteiger partial charge in [0.1, 0.15) is 0 Å². The molecule has 0 radical (unpaired) electrons. The fourth-order valence-corrected chi connectivity index (χ4v) is 4.49. The Morgan fingerprint density at radius 1 is 1.12 bits per heavy atom. The van der Waals surface area contributed by atoms with E-state index in [0.29, 0.717) is 13.0 Å². The summed E-state index contributed by atoms with van der Waals surface area (Å²) >= 11 is 0. The molecule has 6 heteroatoms. The summed E-state index contributed by atoms with van der Waals surface area (Å²) in [6, 6.07) is 14.3. The summed E-state index contributed by atoms with van der Waals surface area (Å²) < 4.78 is 29.9. The smallest absolute Gasteiger partial charge is 0.251 e. The monoisotopic (exact) mass is 354 g/mol. The summed E-state index contributed by atoms with van der Waals surface area (Å²) in [6.45, 7) is 2.69. The Hall–Kier alpha value is -2.44. The zero-order valence-corrected chi connectivity index (χ0v) is 14.6. The second kappa shape index (κ2) is 5.82. The molecule has 1 aliphatic rings. The molecule has 5 nitrogen and oxygen atoms in total. The lowest BCUT2D eigenvalue weighted by molar-refractivity contribution is 0.581. The molecule has 0 fully saturated rings. The summed E-state index contributed by atoms with van der Waals surface area (Å²) in [4.78, 5) is 12.3.